The Morgan fingerprint density at radius 1 is 1.33 bits per heavy atom. The van der Waals surface area contributed by atoms with E-state index in [1.54, 1.807) is 11.1 Å². The van der Waals surface area contributed by atoms with Crippen molar-refractivity contribution in [1.82, 2.24) is 25.2 Å². The van der Waals surface area contributed by atoms with E-state index in [0.717, 1.165) is 24.2 Å². The standard InChI is InChI=1S/C17H19N5O2/c1-12(23)20-10-13-4-2-5-14(21-13)16-6-3-9-22(16)17(24)15-11-18-7-8-19-15/h2,4-5,7-8,11,16H,3,6,9-10H2,1H3,(H,20,23)/t16-/m0/s1. The topological polar surface area (TPSA) is 88.1 Å². The molecule has 1 aliphatic rings. The molecule has 124 valence electrons. The van der Waals surface area contributed by atoms with E-state index < -0.39 is 0 Å². The molecule has 0 bridgehead atoms. The molecule has 3 rings (SSSR count). The van der Waals surface area contributed by atoms with E-state index in [0.29, 0.717) is 18.8 Å². The number of rotatable bonds is 4. The molecule has 0 radical (unpaired) electrons. The Bertz CT molecular complexity index is 735. The molecular formula is C17H19N5O2. The first-order chi connectivity index (χ1) is 11.6. The van der Waals surface area contributed by atoms with Crippen LogP contribution in [0.2, 0.25) is 0 Å². The van der Waals surface area contributed by atoms with Gasteiger partial charge in [0.2, 0.25) is 5.91 Å². The highest BCUT2D eigenvalue weighted by Gasteiger charge is 2.32. The number of hydrogen-bond donors (Lipinski definition) is 1. The van der Waals surface area contributed by atoms with Crippen molar-refractivity contribution >= 4 is 11.8 Å². The van der Waals surface area contributed by atoms with Crippen LogP contribution in [0.4, 0.5) is 0 Å². The van der Waals surface area contributed by atoms with Gasteiger partial charge in [-0.1, -0.05) is 6.07 Å². The van der Waals surface area contributed by atoms with Gasteiger partial charge in [-0.25, -0.2) is 4.98 Å². The molecule has 1 atom stereocenters. The predicted molar refractivity (Wildman–Crippen MR) is 86.8 cm³/mol. The third-order valence-corrected chi connectivity index (χ3v) is 3.98. The number of nitrogens with one attached hydrogen (secondary N) is 1. The van der Waals surface area contributed by atoms with Gasteiger partial charge in [0.25, 0.3) is 5.91 Å². The lowest BCUT2D eigenvalue weighted by molar-refractivity contribution is -0.119. The molecule has 2 aromatic heterocycles. The molecular weight excluding hydrogens is 306 g/mol. The fraction of sp³-hybridized carbons (Fsp3) is 0.353. The molecule has 2 aromatic rings. The fourth-order valence-electron chi connectivity index (χ4n) is 2.87. The van der Waals surface area contributed by atoms with Crippen molar-refractivity contribution in [3.05, 3.63) is 53.9 Å². The lowest BCUT2D eigenvalue weighted by Gasteiger charge is -2.24. The molecule has 0 aliphatic carbocycles. The molecule has 1 fully saturated rings. The number of pyridine rings is 1. The first kappa shape index (κ1) is 16.0. The van der Waals surface area contributed by atoms with Crippen LogP contribution < -0.4 is 5.32 Å². The second-order valence-corrected chi connectivity index (χ2v) is 5.71. The number of likely N-dealkylation sites (tertiary alicyclic amines) is 1. The van der Waals surface area contributed by atoms with Crippen LogP contribution in [0.25, 0.3) is 0 Å². The van der Waals surface area contributed by atoms with Gasteiger partial charge in [-0.15, -0.1) is 0 Å². The van der Waals surface area contributed by atoms with E-state index in [9.17, 15) is 9.59 Å². The van der Waals surface area contributed by atoms with Crippen LogP contribution in [0.15, 0.2) is 36.8 Å². The van der Waals surface area contributed by atoms with Crippen molar-refractivity contribution in [3.8, 4) is 0 Å². The van der Waals surface area contributed by atoms with Crippen molar-refractivity contribution in [2.75, 3.05) is 6.54 Å². The van der Waals surface area contributed by atoms with Crippen molar-refractivity contribution in [3.63, 3.8) is 0 Å². The Morgan fingerprint density at radius 3 is 2.96 bits per heavy atom. The Labute approximate surface area is 140 Å². The summed E-state index contributed by atoms with van der Waals surface area (Å²) in [5.41, 5.74) is 1.97. The third kappa shape index (κ3) is 3.56. The smallest absolute Gasteiger partial charge is 0.274 e. The van der Waals surface area contributed by atoms with Crippen molar-refractivity contribution in [2.45, 2.75) is 32.4 Å². The lowest BCUT2D eigenvalue weighted by Crippen LogP contribution is -2.32. The Morgan fingerprint density at radius 2 is 2.21 bits per heavy atom. The van der Waals surface area contributed by atoms with Gasteiger partial charge in [0, 0.05) is 25.9 Å². The van der Waals surface area contributed by atoms with Gasteiger partial charge in [0.15, 0.2) is 0 Å². The molecule has 7 nitrogen and oxygen atoms in total. The highest BCUT2D eigenvalue weighted by atomic mass is 16.2. The fourth-order valence-corrected chi connectivity index (χ4v) is 2.87. The number of amides is 2. The maximum absolute atomic E-state index is 12.7. The van der Waals surface area contributed by atoms with E-state index in [1.807, 2.05) is 18.2 Å². The number of carbonyl (C=O) groups excluding carboxylic acids is 2. The van der Waals surface area contributed by atoms with Gasteiger partial charge in [-0.3, -0.25) is 19.6 Å². The maximum Gasteiger partial charge on any atom is 0.274 e. The number of aromatic nitrogens is 3. The summed E-state index contributed by atoms with van der Waals surface area (Å²) in [5.74, 6) is -0.220. The van der Waals surface area contributed by atoms with Gasteiger partial charge in [0.1, 0.15) is 5.69 Å². The molecule has 0 unspecified atom stereocenters. The van der Waals surface area contributed by atoms with E-state index in [-0.39, 0.29) is 17.9 Å². The minimum absolute atomic E-state index is 0.0724. The summed E-state index contributed by atoms with van der Waals surface area (Å²) in [6.07, 6.45) is 6.34. The first-order valence-electron chi connectivity index (χ1n) is 7.92. The van der Waals surface area contributed by atoms with Crippen LogP contribution in [0.5, 0.6) is 0 Å². The average Bonchev–Trinajstić information content (AvgIpc) is 3.10. The second kappa shape index (κ2) is 7.16. The molecule has 1 saturated heterocycles. The Kier molecular flexibility index (Phi) is 4.79. The van der Waals surface area contributed by atoms with Gasteiger partial charge < -0.3 is 10.2 Å². The average molecular weight is 325 g/mol. The lowest BCUT2D eigenvalue weighted by atomic mass is 10.1. The minimum Gasteiger partial charge on any atom is -0.351 e. The van der Waals surface area contributed by atoms with E-state index in [2.05, 4.69) is 20.3 Å². The monoisotopic (exact) mass is 325 g/mol. The third-order valence-electron chi connectivity index (χ3n) is 3.98. The summed E-state index contributed by atoms with van der Waals surface area (Å²) >= 11 is 0. The largest absolute Gasteiger partial charge is 0.351 e. The highest BCUT2D eigenvalue weighted by molar-refractivity contribution is 5.92. The summed E-state index contributed by atoms with van der Waals surface area (Å²) < 4.78 is 0. The van der Waals surface area contributed by atoms with Gasteiger partial charge in [-0.05, 0) is 25.0 Å². The van der Waals surface area contributed by atoms with Crippen molar-refractivity contribution < 1.29 is 9.59 Å². The second-order valence-electron chi connectivity index (χ2n) is 5.71. The Hall–Kier alpha value is -2.83. The zero-order chi connectivity index (χ0) is 16.9. The SMILES string of the molecule is CC(=O)NCc1cccc([C@@H]2CCCN2C(=O)c2cnccn2)n1. The highest BCUT2D eigenvalue weighted by Crippen LogP contribution is 2.31. The summed E-state index contributed by atoms with van der Waals surface area (Å²) in [6, 6.07) is 5.62. The van der Waals surface area contributed by atoms with Gasteiger partial charge in [-0.2, -0.15) is 0 Å². The summed E-state index contributed by atoms with van der Waals surface area (Å²) in [4.78, 5) is 38.2. The predicted octanol–water partition coefficient (Wildman–Crippen LogP) is 1.48. The molecule has 1 N–H and O–H groups in total. The van der Waals surface area contributed by atoms with Gasteiger partial charge in [0.05, 0.1) is 30.2 Å². The van der Waals surface area contributed by atoms with Crippen LogP contribution in [-0.2, 0) is 11.3 Å². The summed E-state index contributed by atoms with van der Waals surface area (Å²) in [6.45, 7) is 2.54. The van der Waals surface area contributed by atoms with Crippen molar-refractivity contribution in [1.29, 1.82) is 0 Å². The molecule has 0 saturated carbocycles. The molecule has 24 heavy (non-hydrogen) atoms. The molecule has 3 heterocycles. The zero-order valence-corrected chi connectivity index (χ0v) is 13.5. The molecule has 1 aliphatic heterocycles. The van der Waals surface area contributed by atoms with Crippen LogP contribution in [0.1, 0.15) is 47.7 Å². The van der Waals surface area contributed by atoms with E-state index in [1.165, 1.54) is 19.3 Å². The molecule has 0 spiro atoms. The minimum atomic E-state index is -0.125. The van der Waals surface area contributed by atoms with E-state index >= 15 is 0 Å². The summed E-state index contributed by atoms with van der Waals surface area (Å²) in [5, 5.41) is 2.74. The Balaban J connectivity index is 1.79. The van der Waals surface area contributed by atoms with Crippen LogP contribution >= 0.6 is 0 Å². The van der Waals surface area contributed by atoms with Gasteiger partial charge >= 0.3 is 0 Å². The molecule has 0 aromatic carbocycles. The normalized spacial score (nSPS) is 16.9. The number of carbonyl (C=O) groups is 2. The van der Waals surface area contributed by atoms with Crippen LogP contribution in [-0.4, -0.2) is 38.2 Å². The van der Waals surface area contributed by atoms with Crippen molar-refractivity contribution in [2.24, 2.45) is 0 Å². The summed E-state index contributed by atoms with van der Waals surface area (Å²) in [7, 11) is 0. The number of nitrogens with zero attached hydrogens (tertiary/aromatic N) is 4. The zero-order valence-electron chi connectivity index (χ0n) is 13.5. The molecule has 2 amide bonds. The van der Waals surface area contributed by atoms with E-state index in [4.69, 9.17) is 0 Å². The number of hydrogen-bond acceptors (Lipinski definition) is 5. The first-order valence-corrected chi connectivity index (χ1v) is 7.92. The van der Waals surface area contributed by atoms with Crippen LogP contribution in [0.3, 0.4) is 0 Å². The van der Waals surface area contributed by atoms with Crippen LogP contribution in [0, 0.1) is 0 Å². The quantitative estimate of drug-likeness (QED) is 0.920. The molecule has 7 heteroatoms. The maximum atomic E-state index is 12.7.